The number of piperidine rings is 1. The summed E-state index contributed by atoms with van der Waals surface area (Å²) < 4.78 is 0. The molecule has 1 saturated carbocycles. The van der Waals surface area contributed by atoms with Crippen molar-refractivity contribution in [1.29, 1.82) is 0 Å². The van der Waals surface area contributed by atoms with Gasteiger partial charge in [-0.3, -0.25) is 0 Å². The first-order valence-corrected chi connectivity index (χ1v) is 7.74. The van der Waals surface area contributed by atoms with E-state index in [1.54, 1.807) is 0 Å². The third-order valence-electron chi connectivity index (χ3n) is 4.73. The van der Waals surface area contributed by atoms with Gasteiger partial charge < -0.3 is 10.2 Å². The molecule has 0 bridgehead atoms. The molecule has 2 fully saturated rings. The molecule has 0 unspecified atom stereocenters. The van der Waals surface area contributed by atoms with Gasteiger partial charge in [0, 0.05) is 0 Å². The second-order valence-electron chi connectivity index (χ2n) is 6.24. The van der Waals surface area contributed by atoms with E-state index in [1.165, 1.54) is 77.5 Å². The lowest BCUT2D eigenvalue weighted by atomic mass is 9.89. The molecule has 17 heavy (non-hydrogen) atoms. The fourth-order valence-corrected chi connectivity index (χ4v) is 3.35. The Morgan fingerprint density at radius 3 is 2.35 bits per heavy atom. The molecule has 0 atom stereocenters. The summed E-state index contributed by atoms with van der Waals surface area (Å²) in [6, 6.07) is 0. The van der Waals surface area contributed by atoms with E-state index in [1.807, 2.05) is 0 Å². The normalized spacial score (nSPS) is 25.2. The Kier molecular flexibility index (Phi) is 5.79. The summed E-state index contributed by atoms with van der Waals surface area (Å²) >= 11 is 0. The van der Waals surface area contributed by atoms with Gasteiger partial charge in [0.25, 0.3) is 0 Å². The zero-order valence-electron chi connectivity index (χ0n) is 11.6. The van der Waals surface area contributed by atoms with Crippen LogP contribution in [0.5, 0.6) is 0 Å². The first kappa shape index (κ1) is 13.4. The molecule has 0 aromatic carbocycles. The van der Waals surface area contributed by atoms with Gasteiger partial charge in [-0.2, -0.15) is 0 Å². The molecular weight excluding hydrogens is 208 g/mol. The number of hydrogen-bond acceptors (Lipinski definition) is 2. The van der Waals surface area contributed by atoms with Crippen LogP contribution in [0.1, 0.15) is 51.4 Å². The van der Waals surface area contributed by atoms with Gasteiger partial charge in [-0.25, -0.2) is 0 Å². The van der Waals surface area contributed by atoms with Crippen LogP contribution in [0.25, 0.3) is 0 Å². The Bertz CT molecular complexity index is 191. The molecule has 0 aromatic heterocycles. The van der Waals surface area contributed by atoms with Gasteiger partial charge >= 0.3 is 0 Å². The smallest absolute Gasteiger partial charge is 0.00191 e. The van der Waals surface area contributed by atoms with E-state index in [9.17, 15) is 0 Å². The van der Waals surface area contributed by atoms with Crippen LogP contribution in [0.15, 0.2) is 0 Å². The van der Waals surface area contributed by atoms with E-state index in [0.717, 1.165) is 11.8 Å². The molecule has 1 saturated heterocycles. The molecule has 2 heteroatoms. The molecule has 1 aliphatic heterocycles. The van der Waals surface area contributed by atoms with E-state index in [0.29, 0.717) is 0 Å². The average molecular weight is 238 g/mol. The van der Waals surface area contributed by atoms with Gasteiger partial charge in [0.1, 0.15) is 0 Å². The summed E-state index contributed by atoms with van der Waals surface area (Å²) in [5.41, 5.74) is 0. The fourth-order valence-electron chi connectivity index (χ4n) is 3.35. The topological polar surface area (TPSA) is 15.3 Å². The standard InChI is InChI=1S/C15H30N2/c1-17-11-8-14(9-12-17)7-10-16-13-15-5-3-2-4-6-15/h14-16H,2-13H2,1H3. The maximum Gasteiger partial charge on any atom is -0.00191 e. The summed E-state index contributed by atoms with van der Waals surface area (Å²) in [5, 5.41) is 3.70. The number of rotatable bonds is 5. The lowest BCUT2D eigenvalue weighted by Gasteiger charge is -2.29. The van der Waals surface area contributed by atoms with E-state index in [4.69, 9.17) is 0 Å². The van der Waals surface area contributed by atoms with Crippen molar-refractivity contribution < 1.29 is 0 Å². The molecule has 1 heterocycles. The van der Waals surface area contributed by atoms with E-state index >= 15 is 0 Å². The minimum absolute atomic E-state index is 0.987. The second kappa shape index (κ2) is 7.38. The Hall–Kier alpha value is -0.0800. The predicted octanol–water partition coefficient (Wildman–Crippen LogP) is 2.89. The summed E-state index contributed by atoms with van der Waals surface area (Å²) in [7, 11) is 2.25. The first-order valence-electron chi connectivity index (χ1n) is 7.74. The van der Waals surface area contributed by atoms with Gasteiger partial charge in [-0.05, 0) is 77.2 Å². The molecule has 100 valence electrons. The van der Waals surface area contributed by atoms with Crippen LogP contribution in [0.2, 0.25) is 0 Å². The maximum absolute atomic E-state index is 3.70. The van der Waals surface area contributed by atoms with E-state index < -0.39 is 0 Å². The highest BCUT2D eigenvalue weighted by atomic mass is 15.1. The first-order chi connectivity index (χ1) is 8.34. The molecule has 0 amide bonds. The van der Waals surface area contributed by atoms with Gasteiger partial charge in [-0.1, -0.05) is 19.3 Å². The number of likely N-dealkylation sites (tertiary alicyclic amines) is 1. The van der Waals surface area contributed by atoms with Crippen molar-refractivity contribution in [2.45, 2.75) is 51.4 Å². The number of nitrogens with zero attached hydrogens (tertiary/aromatic N) is 1. The van der Waals surface area contributed by atoms with E-state index in [-0.39, 0.29) is 0 Å². The van der Waals surface area contributed by atoms with Crippen LogP contribution in [-0.4, -0.2) is 38.1 Å². The van der Waals surface area contributed by atoms with Crippen LogP contribution >= 0.6 is 0 Å². The second-order valence-corrected chi connectivity index (χ2v) is 6.24. The lowest BCUT2D eigenvalue weighted by Crippen LogP contribution is -2.32. The Morgan fingerprint density at radius 2 is 1.65 bits per heavy atom. The Balaban J connectivity index is 1.48. The van der Waals surface area contributed by atoms with Gasteiger partial charge in [0.2, 0.25) is 0 Å². The van der Waals surface area contributed by atoms with Crippen LogP contribution < -0.4 is 5.32 Å². The predicted molar refractivity (Wildman–Crippen MR) is 74.3 cm³/mol. The summed E-state index contributed by atoms with van der Waals surface area (Å²) in [5.74, 6) is 1.98. The largest absolute Gasteiger partial charge is 0.316 e. The molecule has 2 rings (SSSR count). The molecular formula is C15H30N2. The van der Waals surface area contributed by atoms with E-state index in [2.05, 4.69) is 17.3 Å². The molecule has 0 spiro atoms. The summed E-state index contributed by atoms with van der Waals surface area (Å²) in [4.78, 5) is 2.46. The van der Waals surface area contributed by atoms with Crippen molar-refractivity contribution in [2.24, 2.45) is 11.8 Å². The molecule has 0 aromatic rings. The monoisotopic (exact) mass is 238 g/mol. The molecule has 2 aliphatic rings. The fraction of sp³-hybridized carbons (Fsp3) is 1.00. The molecule has 1 N–H and O–H groups in total. The van der Waals surface area contributed by atoms with Crippen molar-refractivity contribution >= 4 is 0 Å². The Morgan fingerprint density at radius 1 is 0.941 bits per heavy atom. The van der Waals surface area contributed by atoms with Crippen LogP contribution in [0, 0.1) is 11.8 Å². The highest BCUT2D eigenvalue weighted by Crippen LogP contribution is 2.23. The third kappa shape index (κ3) is 4.97. The van der Waals surface area contributed by atoms with Crippen molar-refractivity contribution in [3.8, 4) is 0 Å². The van der Waals surface area contributed by atoms with Gasteiger partial charge in [0.05, 0.1) is 0 Å². The van der Waals surface area contributed by atoms with Crippen molar-refractivity contribution in [3.05, 3.63) is 0 Å². The maximum atomic E-state index is 3.70. The molecule has 1 aliphatic carbocycles. The van der Waals surface area contributed by atoms with Crippen LogP contribution in [-0.2, 0) is 0 Å². The minimum Gasteiger partial charge on any atom is -0.316 e. The zero-order valence-corrected chi connectivity index (χ0v) is 11.6. The van der Waals surface area contributed by atoms with Crippen LogP contribution in [0.3, 0.4) is 0 Å². The van der Waals surface area contributed by atoms with Crippen molar-refractivity contribution in [1.82, 2.24) is 10.2 Å². The van der Waals surface area contributed by atoms with Crippen molar-refractivity contribution in [2.75, 3.05) is 33.2 Å². The number of nitrogens with one attached hydrogen (secondary N) is 1. The summed E-state index contributed by atoms with van der Waals surface area (Å²) in [6.07, 6.45) is 11.6. The SMILES string of the molecule is CN1CCC(CCNCC2CCCCC2)CC1. The minimum atomic E-state index is 0.987. The van der Waals surface area contributed by atoms with Crippen LogP contribution in [0.4, 0.5) is 0 Å². The average Bonchev–Trinajstić information content (AvgIpc) is 2.38. The van der Waals surface area contributed by atoms with Gasteiger partial charge in [-0.15, -0.1) is 0 Å². The third-order valence-corrected chi connectivity index (χ3v) is 4.73. The lowest BCUT2D eigenvalue weighted by molar-refractivity contribution is 0.210. The highest BCUT2D eigenvalue weighted by Gasteiger charge is 2.16. The molecule has 0 radical (unpaired) electrons. The molecule has 2 nitrogen and oxygen atoms in total. The Labute approximate surface area is 107 Å². The number of hydrogen-bond donors (Lipinski definition) is 1. The van der Waals surface area contributed by atoms with Crippen molar-refractivity contribution in [3.63, 3.8) is 0 Å². The van der Waals surface area contributed by atoms with Gasteiger partial charge in [0.15, 0.2) is 0 Å². The quantitative estimate of drug-likeness (QED) is 0.741. The zero-order chi connectivity index (χ0) is 11.9. The highest BCUT2D eigenvalue weighted by molar-refractivity contribution is 4.72. The summed E-state index contributed by atoms with van der Waals surface area (Å²) in [6.45, 7) is 5.16.